The van der Waals surface area contributed by atoms with Gasteiger partial charge in [-0.3, -0.25) is 9.59 Å². The first kappa shape index (κ1) is 14.9. The maximum Gasteiger partial charge on any atom is 0.305 e. The number of methoxy groups -OCH3 is 1. The van der Waals surface area contributed by atoms with Crippen molar-refractivity contribution in [1.82, 2.24) is 0 Å². The molecular weight excluding hydrogens is 208 g/mol. The monoisotopic (exact) mass is 230 g/mol. The van der Waals surface area contributed by atoms with E-state index in [0.29, 0.717) is 6.42 Å². The maximum absolute atomic E-state index is 11.1. The van der Waals surface area contributed by atoms with Crippen LogP contribution < -0.4 is 0 Å². The molecule has 0 aromatic carbocycles. The highest BCUT2D eigenvalue weighted by atomic mass is 16.6. The van der Waals surface area contributed by atoms with Crippen molar-refractivity contribution in [2.75, 3.05) is 7.11 Å². The Kier molecular flexibility index (Phi) is 4.97. The zero-order chi connectivity index (χ0) is 13.0. The molecule has 0 amide bonds. The summed E-state index contributed by atoms with van der Waals surface area (Å²) in [5, 5.41) is 0. The van der Waals surface area contributed by atoms with Crippen molar-refractivity contribution in [3.8, 4) is 0 Å². The van der Waals surface area contributed by atoms with Crippen molar-refractivity contribution in [3.05, 3.63) is 0 Å². The number of rotatable bonds is 4. The molecule has 16 heavy (non-hydrogen) atoms. The molecule has 0 fully saturated rings. The zero-order valence-corrected chi connectivity index (χ0v) is 11.0. The molecule has 0 aliphatic heterocycles. The molecule has 0 saturated carbocycles. The van der Waals surface area contributed by atoms with Gasteiger partial charge in [0.25, 0.3) is 0 Å². The van der Waals surface area contributed by atoms with E-state index in [9.17, 15) is 9.59 Å². The van der Waals surface area contributed by atoms with E-state index in [1.807, 2.05) is 27.7 Å². The summed E-state index contributed by atoms with van der Waals surface area (Å²) in [6.07, 6.45) is 0.709. The van der Waals surface area contributed by atoms with Gasteiger partial charge in [0, 0.05) is 18.8 Å². The molecule has 94 valence electrons. The summed E-state index contributed by atoms with van der Waals surface area (Å²) in [4.78, 5) is 22.2. The number of carbonyl (C=O) groups excluding carboxylic acids is 2. The van der Waals surface area contributed by atoms with Crippen molar-refractivity contribution in [2.45, 2.75) is 53.1 Å². The second-order valence-corrected chi connectivity index (χ2v) is 5.15. The Labute approximate surface area is 97.3 Å². The van der Waals surface area contributed by atoms with Crippen LogP contribution in [0.4, 0.5) is 0 Å². The molecule has 4 heteroatoms. The second-order valence-electron chi connectivity index (χ2n) is 5.15. The molecule has 1 atom stereocenters. The fourth-order valence-corrected chi connectivity index (χ4v) is 1.34. The fourth-order valence-electron chi connectivity index (χ4n) is 1.34. The van der Waals surface area contributed by atoms with E-state index < -0.39 is 5.60 Å². The molecule has 0 spiro atoms. The lowest BCUT2D eigenvalue weighted by Gasteiger charge is -2.40. The van der Waals surface area contributed by atoms with Crippen LogP contribution >= 0.6 is 0 Å². The van der Waals surface area contributed by atoms with Crippen molar-refractivity contribution in [3.63, 3.8) is 0 Å². The molecule has 0 radical (unpaired) electrons. The SMILES string of the molecule is COC(=O)CCC(C)(OC(C)=O)C(C)(C)C. The molecule has 0 aliphatic rings. The Bertz CT molecular complexity index is 265. The third-order valence-electron chi connectivity index (χ3n) is 2.99. The van der Waals surface area contributed by atoms with Gasteiger partial charge in [-0.25, -0.2) is 0 Å². The molecule has 0 heterocycles. The first-order chi connectivity index (χ1) is 7.12. The van der Waals surface area contributed by atoms with Crippen LogP contribution in [0, 0.1) is 5.41 Å². The van der Waals surface area contributed by atoms with E-state index in [4.69, 9.17) is 4.74 Å². The normalized spacial score (nSPS) is 15.1. The lowest BCUT2D eigenvalue weighted by Crippen LogP contribution is -2.44. The summed E-state index contributed by atoms with van der Waals surface area (Å²) >= 11 is 0. The number of hydrogen-bond acceptors (Lipinski definition) is 4. The van der Waals surface area contributed by atoms with Gasteiger partial charge in [-0.1, -0.05) is 20.8 Å². The zero-order valence-electron chi connectivity index (χ0n) is 11.0. The average molecular weight is 230 g/mol. The van der Waals surface area contributed by atoms with Crippen LogP contribution in [0.15, 0.2) is 0 Å². The Balaban J connectivity index is 4.68. The van der Waals surface area contributed by atoms with E-state index in [2.05, 4.69) is 4.74 Å². The van der Waals surface area contributed by atoms with Gasteiger partial charge in [-0.05, 0) is 13.3 Å². The minimum absolute atomic E-state index is 0.229. The van der Waals surface area contributed by atoms with E-state index in [1.54, 1.807) is 0 Å². The van der Waals surface area contributed by atoms with Gasteiger partial charge in [-0.2, -0.15) is 0 Å². The minimum Gasteiger partial charge on any atom is -0.469 e. The lowest BCUT2D eigenvalue weighted by molar-refractivity contribution is -0.171. The molecule has 0 N–H and O–H groups in total. The number of esters is 2. The quantitative estimate of drug-likeness (QED) is 0.695. The molecule has 1 unspecified atom stereocenters. The Hall–Kier alpha value is -1.06. The Morgan fingerprint density at radius 3 is 1.94 bits per heavy atom. The van der Waals surface area contributed by atoms with E-state index in [0.717, 1.165) is 0 Å². The average Bonchev–Trinajstić information content (AvgIpc) is 2.11. The third kappa shape index (κ3) is 4.21. The predicted molar refractivity (Wildman–Crippen MR) is 60.9 cm³/mol. The highest BCUT2D eigenvalue weighted by Crippen LogP contribution is 2.37. The van der Waals surface area contributed by atoms with Crippen molar-refractivity contribution < 1.29 is 19.1 Å². The van der Waals surface area contributed by atoms with Crippen molar-refractivity contribution in [1.29, 1.82) is 0 Å². The van der Waals surface area contributed by atoms with Gasteiger partial charge in [0.05, 0.1) is 7.11 Å². The molecule has 0 bridgehead atoms. The van der Waals surface area contributed by atoms with Crippen molar-refractivity contribution >= 4 is 11.9 Å². The number of carbonyl (C=O) groups is 2. The fraction of sp³-hybridized carbons (Fsp3) is 0.833. The third-order valence-corrected chi connectivity index (χ3v) is 2.99. The standard InChI is InChI=1S/C12H22O4/c1-9(13)16-12(5,11(2,3)4)8-7-10(14)15-6/h7-8H2,1-6H3. The van der Waals surface area contributed by atoms with Crippen LogP contribution in [0.25, 0.3) is 0 Å². The largest absolute Gasteiger partial charge is 0.469 e. The van der Waals surface area contributed by atoms with E-state index in [1.165, 1.54) is 14.0 Å². The summed E-state index contributed by atoms with van der Waals surface area (Å²) in [5.41, 5.74) is -0.889. The summed E-state index contributed by atoms with van der Waals surface area (Å²) in [7, 11) is 1.35. The van der Waals surface area contributed by atoms with Gasteiger partial charge in [0.15, 0.2) is 0 Å². The summed E-state index contributed by atoms with van der Waals surface area (Å²) in [5.74, 6) is -0.620. The minimum atomic E-state index is -0.660. The van der Waals surface area contributed by atoms with Crippen LogP contribution in [0.2, 0.25) is 0 Å². The highest BCUT2D eigenvalue weighted by molar-refractivity contribution is 5.69. The first-order valence-electron chi connectivity index (χ1n) is 5.39. The van der Waals surface area contributed by atoms with Gasteiger partial charge in [0.1, 0.15) is 5.60 Å². The second kappa shape index (κ2) is 5.32. The molecule has 0 saturated heterocycles. The topological polar surface area (TPSA) is 52.6 Å². The molecule has 0 aliphatic carbocycles. The van der Waals surface area contributed by atoms with Crippen LogP contribution in [-0.2, 0) is 19.1 Å². The van der Waals surface area contributed by atoms with E-state index >= 15 is 0 Å². The van der Waals surface area contributed by atoms with Gasteiger partial charge in [-0.15, -0.1) is 0 Å². The van der Waals surface area contributed by atoms with Crippen molar-refractivity contribution in [2.24, 2.45) is 5.41 Å². The molecular formula is C12H22O4. The van der Waals surface area contributed by atoms with Crippen LogP contribution in [-0.4, -0.2) is 24.6 Å². The maximum atomic E-state index is 11.1. The Morgan fingerprint density at radius 2 is 1.62 bits per heavy atom. The summed E-state index contributed by atoms with van der Waals surface area (Å²) < 4.78 is 9.93. The molecule has 4 nitrogen and oxygen atoms in total. The smallest absolute Gasteiger partial charge is 0.305 e. The summed E-state index contributed by atoms with van der Waals surface area (Å²) in [6.45, 7) is 9.16. The predicted octanol–water partition coefficient (Wildman–Crippen LogP) is 2.31. The highest BCUT2D eigenvalue weighted by Gasteiger charge is 2.40. The van der Waals surface area contributed by atoms with Crippen LogP contribution in [0.3, 0.4) is 0 Å². The lowest BCUT2D eigenvalue weighted by atomic mass is 9.75. The van der Waals surface area contributed by atoms with Crippen LogP contribution in [0.1, 0.15) is 47.5 Å². The molecule has 0 aromatic rings. The number of hydrogen-bond donors (Lipinski definition) is 0. The molecule has 0 rings (SSSR count). The van der Waals surface area contributed by atoms with Gasteiger partial charge >= 0.3 is 11.9 Å². The first-order valence-corrected chi connectivity index (χ1v) is 5.39. The summed E-state index contributed by atoms with van der Waals surface area (Å²) in [6, 6.07) is 0. The van der Waals surface area contributed by atoms with Crippen LogP contribution in [0.5, 0.6) is 0 Å². The van der Waals surface area contributed by atoms with Gasteiger partial charge in [0.2, 0.25) is 0 Å². The number of ether oxygens (including phenoxy) is 2. The van der Waals surface area contributed by atoms with E-state index in [-0.39, 0.29) is 23.8 Å². The Morgan fingerprint density at radius 1 is 1.12 bits per heavy atom. The molecule has 0 aromatic heterocycles. The van der Waals surface area contributed by atoms with Gasteiger partial charge < -0.3 is 9.47 Å².